The van der Waals surface area contributed by atoms with E-state index in [1.807, 2.05) is 18.2 Å². The molecule has 12 heavy (non-hydrogen) atoms. The Morgan fingerprint density at radius 3 is 2.75 bits per heavy atom. The largest absolute Gasteiger partial charge is 0.382 e. The second kappa shape index (κ2) is 3.90. The van der Waals surface area contributed by atoms with Gasteiger partial charge in [-0.15, -0.1) is 0 Å². The van der Waals surface area contributed by atoms with Crippen molar-refractivity contribution in [3.05, 3.63) is 36.7 Å². The van der Waals surface area contributed by atoms with Gasteiger partial charge >= 0.3 is 0 Å². The molecule has 0 atom stereocenters. The lowest BCUT2D eigenvalue weighted by Gasteiger charge is -2.11. The summed E-state index contributed by atoms with van der Waals surface area (Å²) in [6.07, 6.45) is 1.77. The molecule has 0 radical (unpaired) electrons. The lowest BCUT2D eigenvalue weighted by molar-refractivity contribution is 0.716. The van der Waals surface area contributed by atoms with Gasteiger partial charge in [0.05, 0.1) is 11.4 Å². The molecule has 0 aromatic carbocycles. The normalized spacial score (nSPS) is 9.92. The van der Waals surface area contributed by atoms with Gasteiger partial charge < -0.3 is 5.32 Å². The summed E-state index contributed by atoms with van der Waals surface area (Å²) in [4.78, 5) is 4.17. The van der Waals surface area contributed by atoms with Crippen LogP contribution in [0.4, 0.5) is 0 Å². The molecule has 1 aromatic rings. The number of hydrogen-bond acceptors (Lipinski definition) is 2. The molecule has 64 valence electrons. The minimum atomic E-state index is 0.402. The van der Waals surface area contributed by atoms with Crippen molar-refractivity contribution in [1.29, 1.82) is 0 Å². The molecule has 0 amide bonds. The van der Waals surface area contributed by atoms with Gasteiger partial charge in [0.15, 0.2) is 0 Å². The van der Waals surface area contributed by atoms with E-state index in [2.05, 4.69) is 30.7 Å². The smallest absolute Gasteiger partial charge is 0.0854 e. The fraction of sp³-hybridized carbons (Fsp3) is 0.300. The lowest BCUT2D eigenvalue weighted by atomic mass is 10.2. The van der Waals surface area contributed by atoms with Gasteiger partial charge in [-0.25, -0.2) is 0 Å². The third-order valence-electron chi connectivity index (χ3n) is 1.44. The molecule has 1 aromatic heterocycles. The van der Waals surface area contributed by atoms with Crippen molar-refractivity contribution < 1.29 is 0 Å². The summed E-state index contributed by atoms with van der Waals surface area (Å²) in [5.41, 5.74) is 1.79. The molecule has 0 aliphatic heterocycles. The Labute approximate surface area is 73.3 Å². The van der Waals surface area contributed by atoms with E-state index in [1.165, 1.54) is 0 Å². The number of pyridine rings is 1. The van der Waals surface area contributed by atoms with E-state index in [-0.39, 0.29) is 0 Å². The van der Waals surface area contributed by atoms with E-state index in [0.717, 1.165) is 11.4 Å². The SMILES string of the molecule is C=C(NC(C)C)c1ccccn1. The Balaban J connectivity index is 2.66. The van der Waals surface area contributed by atoms with Crippen LogP contribution in [0.5, 0.6) is 0 Å². The van der Waals surface area contributed by atoms with Crippen molar-refractivity contribution in [3.63, 3.8) is 0 Å². The minimum absolute atomic E-state index is 0.402. The molecule has 1 N–H and O–H groups in total. The minimum Gasteiger partial charge on any atom is -0.382 e. The van der Waals surface area contributed by atoms with Crippen molar-refractivity contribution in [2.45, 2.75) is 19.9 Å². The highest BCUT2D eigenvalue weighted by Gasteiger charge is 1.99. The monoisotopic (exact) mass is 162 g/mol. The summed E-state index contributed by atoms with van der Waals surface area (Å²) < 4.78 is 0. The number of hydrogen-bond donors (Lipinski definition) is 1. The molecule has 2 nitrogen and oxygen atoms in total. The van der Waals surface area contributed by atoms with Gasteiger partial charge in [-0.1, -0.05) is 12.6 Å². The van der Waals surface area contributed by atoms with Crippen LogP contribution in [-0.2, 0) is 0 Å². The van der Waals surface area contributed by atoms with Crippen LogP contribution in [0.25, 0.3) is 5.70 Å². The average Bonchev–Trinajstić information content (AvgIpc) is 2.05. The molecule has 0 spiro atoms. The standard InChI is InChI=1S/C10H14N2/c1-8(2)12-9(3)10-6-4-5-7-11-10/h4-8,12H,3H2,1-2H3. The van der Waals surface area contributed by atoms with Gasteiger partial charge in [0, 0.05) is 12.2 Å². The molecule has 0 aliphatic carbocycles. The van der Waals surface area contributed by atoms with Crippen LogP contribution in [0.2, 0.25) is 0 Å². The first-order chi connectivity index (χ1) is 5.70. The molecule has 0 saturated carbocycles. The Bertz CT molecular complexity index is 252. The number of nitrogens with zero attached hydrogens (tertiary/aromatic N) is 1. The van der Waals surface area contributed by atoms with Gasteiger partial charge in [-0.2, -0.15) is 0 Å². The third-order valence-corrected chi connectivity index (χ3v) is 1.44. The van der Waals surface area contributed by atoms with E-state index in [4.69, 9.17) is 0 Å². The summed E-state index contributed by atoms with van der Waals surface area (Å²) in [6.45, 7) is 8.05. The molecule has 0 bridgehead atoms. The topological polar surface area (TPSA) is 24.9 Å². The molecule has 0 fully saturated rings. The first kappa shape index (κ1) is 8.78. The molecular weight excluding hydrogens is 148 g/mol. The number of rotatable bonds is 3. The van der Waals surface area contributed by atoms with Crippen LogP contribution >= 0.6 is 0 Å². The quantitative estimate of drug-likeness (QED) is 0.735. The molecule has 0 unspecified atom stereocenters. The second-order valence-corrected chi connectivity index (χ2v) is 2.99. The zero-order chi connectivity index (χ0) is 8.97. The van der Waals surface area contributed by atoms with E-state index in [0.29, 0.717) is 6.04 Å². The first-order valence-electron chi connectivity index (χ1n) is 4.07. The summed E-state index contributed by atoms with van der Waals surface area (Å²) in [6, 6.07) is 6.19. The van der Waals surface area contributed by atoms with Crippen molar-refractivity contribution in [2.75, 3.05) is 0 Å². The summed E-state index contributed by atoms with van der Waals surface area (Å²) in [5.74, 6) is 0. The Kier molecular flexibility index (Phi) is 2.86. The van der Waals surface area contributed by atoms with Crippen LogP contribution in [0.1, 0.15) is 19.5 Å². The predicted octanol–water partition coefficient (Wildman–Crippen LogP) is 2.05. The highest BCUT2D eigenvalue weighted by Crippen LogP contribution is 2.04. The summed E-state index contributed by atoms with van der Waals surface area (Å²) >= 11 is 0. The van der Waals surface area contributed by atoms with Crippen LogP contribution < -0.4 is 5.32 Å². The molecule has 1 heterocycles. The maximum Gasteiger partial charge on any atom is 0.0854 e. The van der Waals surface area contributed by atoms with E-state index in [9.17, 15) is 0 Å². The van der Waals surface area contributed by atoms with Crippen LogP contribution in [0.3, 0.4) is 0 Å². The van der Waals surface area contributed by atoms with E-state index < -0.39 is 0 Å². The highest BCUT2D eigenvalue weighted by atomic mass is 14.9. The van der Waals surface area contributed by atoms with Gasteiger partial charge in [-0.3, -0.25) is 4.98 Å². The maximum absolute atomic E-state index is 4.17. The van der Waals surface area contributed by atoms with Crippen LogP contribution in [-0.4, -0.2) is 11.0 Å². The van der Waals surface area contributed by atoms with Gasteiger partial charge in [-0.05, 0) is 26.0 Å². The van der Waals surface area contributed by atoms with Crippen molar-refractivity contribution >= 4 is 5.70 Å². The van der Waals surface area contributed by atoms with Crippen molar-refractivity contribution in [2.24, 2.45) is 0 Å². The fourth-order valence-corrected chi connectivity index (χ4v) is 0.964. The van der Waals surface area contributed by atoms with Crippen molar-refractivity contribution in [3.8, 4) is 0 Å². The number of nitrogens with one attached hydrogen (secondary N) is 1. The lowest BCUT2D eigenvalue weighted by Crippen LogP contribution is -2.20. The van der Waals surface area contributed by atoms with Gasteiger partial charge in [0.25, 0.3) is 0 Å². The maximum atomic E-state index is 4.17. The van der Waals surface area contributed by atoms with E-state index >= 15 is 0 Å². The zero-order valence-electron chi connectivity index (χ0n) is 7.54. The molecule has 0 aliphatic rings. The number of aromatic nitrogens is 1. The predicted molar refractivity (Wildman–Crippen MR) is 51.5 cm³/mol. The van der Waals surface area contributed by atoms with Gasteiger partial charge in [0.2, 0.25) is 0 Å². The van der Waals surface area contributed by atoms with Crippen LogP contribution in [0, 0.1) is 0 Å². The van der Waals surface area contributed by atoms with Crippen LogP contribution in [0.15, 0.2) is 31.0 Å². The molecule has 2 heteroatoms. The summed E-state index contributed by atoms with van der Waals surface area (Å²) in [5, 5.41) is 3.20. The Morgan fingerprint density at radius 2 is 2.25 bits per heavy atom. The fourth-order valence-electron chi connectivity index (χ4n) is 0.964. The second-order valence-electron chi connectivity index (χ2n) is 2.99. The molecule has 0 saturated heterocycles. The third kappa shape index (κ3) is 2.38. The highest BCUT2D eigenvalue weighted by molar-refractivity contribution is 5.57. The first-order valence-corrected chi connectivity index (χ1v) is 4.07. The zero-order valence-corrected chi connectivity index (χ0v) is 7.54. The van der Waals surface area contributed by atoms with Crippen molar-refractivity contribution in [1.82, 2.24) is 10.3 Å². The Hall–Kier alpha value is -1.31. The van der Waals surface area contributed by atoms with E-state index in [1.54, 1.807) is 6.20 Å². The Morgan fingerprint density at radius 1 is 1.50 bits per heavy atom. The summed E-state index contributed by atoms with van der Waals surface area (Å²) in [7, 11) is 0. The molecule has 1 rings (SSSR count). The van der Waals surface area contributed by atoms with Gasteiger partial charge in [0.1, 0.15) is 0 Å². The average molecular weight is 162 g/mol. The molecular formula is C10H14N2.